The topological polar surface area (TPSA) is 11.6 Å². The fourth-order valence-corrected chi connectivity index (χ4v) is 7.23. The molecule has 0 aliphatic carbocycles. The largest absolute Gasteiger partial charge is 0.212 e. The van der Waals surface area contributed by atoms with Crippen molar-refractivity contribution < 1.29 is 42.5 Å². The van der Waals surface area contributed by atoms with Gasteiger partial charge in [0.05, 0.1) is 0 Å². The van der Waals surface area contributed by atoms with Crippen molar-refractivity contribution >= 4 is 0 Å². The summed E-state index contributed by atoms with van der Waals surface area (Å²) in [6.07, 6.45) is 4.90. The molecule has 3 aromatic carbocycles. The van der Waals surface area contributed by atoms with Crippen LogP contribution in [0.2, 0.25) is 0 Å². The SMILES string of the molecule is [2H]C([2H])([2H])C([2H])(C)c1ccc(-c2cc(C)c(C([2H])(C)C([2H])([2H])[2H])cc2C)[n+](C)c1.[2H]C([2H])([2H])c1c[n+](C)c(-c2cc(C)c(C([2H])(C)C([2H])([2H])[2H])cc2C)cc1C.[2H]C([2H])([2H])c1cc(C)c(-c2cc(C)c(C([2H])([2H])[2H])c[n+]2C)cc1C. The maximum absolute atomic E-state index is 8.39. The lowest BCUT2D eigenvalue weighted by atomic mass is 9.91. The Kier molecular flexibility index (Phi) is 8.25. The second kappa shape index (κ2) is 19.4. The molecule has 0 fully saturated rings. The van der Waals surface area contributed by atoms with Crippen LogP contribution in [0.5, 0.6) is 0 Å². The van der Waals surface area contributed by atoms with Gasteiger partial charge >= 0.3 is 0 Å². The molecule has 3 atom stereocenters. The number of pyridine rings is 3. The Labute approximate surface area is 389 Å². The summed E-state index contributed by atoms with van der Waals surface area (Å²) in [4.78, 5) is 0. The predicted octanol–water partition coefficient (Wildman–Crippen LogP) is 13.3. The maximum atomic E-state index is 8.39. The van der Waals surface area contributed by atoms with E-state index in [0.717, 1.165) is 56.0 Å². The Morgan fingerprint density at radius 1 is 0.390 bits per heavy atom. The summed E-state index contributed by atoms with van der Waals surface area (Å²) in [5.41, 5.74) is 13.5. The molecule has 3 nitrogen and oxygen atoms in total. The van der Waals surface area contributed by atoms with Gasteiger partial charge in [-0.2, -0.15) is 0 Å². The summed E-state index contributed by atoms with van der Waals surface area (Å²) in [5, 5.41) is 0. The molecule has 6 rings (SSSR count). The lowest BCUT2D eigenvalue weighted by molar-refractivity contribution is -0.661. The maximum Gasteiger partial charge on any atom is 0.212 e. The number of hydrogen-bond donors (Lipinski definition) is 0. The van der Waals surface area contributed by atoms with Gasteiger partial charge in [0.1, 0.15) is 21.1 Å². The normalized spacial score (nSPS) is 20.7. The van der Waals surface area contributed by atoms with Crippen LogP contribution in [0.3, 0.4) is 0 Å². The van der Waals surface area contributed by atoms with Gasteiger partial charge in [-0.1, -0.05) is 59.5 Å². The molecule has 0 N–H and O–H groups in total. The van der Waals surface area contributed by atoms with Crippen molar-refractivity contribution in [1.29, 1.82) is 0 Å². The van der Waals surface area contributed by atoms with E-state index in [1.54, 1.807) is 118 Å². The van der Waals surface area contributed by atoms with Crippen LogP contribution in [0.25, 0.3) is 33.8 Å². The van der Waals surface area contributed by atoms with Crippen LogP contribution < -0.4 is 13.7 Å². The highest BCUT2D eigenvalue weighted by Gasteiger charge is 2.19. The fourth-order valence-electron chi connectivity index (χ4n) is 7.23. The summed E-state index contributed by atoms with van der Waals surface area (Å²) >= 11 is 0. The number of benzene rings is 3. The Bertz CT molecular complexity index is 3210. The molecule has 6 aromatic rings. The number of hydrogen-bond acceptors (Lipinski definition) is 0. The quantitative estimate of drug-likeness (QED) is 0.149. The predicted molar refractivity (Wildman–Crippen MR) is 254 cm³/mol. The molecule has 312 valence electrons. The Morgan fingerprint density at radius 3 is 1.20 bits per heavy atom. The standard InChI is InChI=1S/C20H28N.C19H26N.C17H22N/c1-13(2)17-8-9-20(21(7)12-17)19-11-15(5)18(14(3)4)10-16(19)6;1-12(2)17-8-15(5)18(9-14(17)4)19-10-13(3)16(6)11-20(19)7;1-11-7-14(4)16(8-12(11)2)17-9-13(3)15(5)10-18(17)6/h8-14H,1-7H3;8-12H,1-7H3;7-10H,1-6H3/q3*+1/i1D3,3D3,13D,14D;1D3,6D3,12D;1D3,5D3. The van der Waals surface area contributed by atoms with E-state index in [1.165, 1.54) is 20.8 Å². The summed E-state index contributed by atoms with van der Waals surface area (Å²) in [6.45, 7) is 4.92. The van der Waals surface area contributed by atoms with E-state index in [1.807, 2.05) is 51.1 Å². The van der Waals surface area contributed by atoms with Crippen LogP contribution in [0.4, 0.5) is 0 Å². The molecule has 0 spiro atoms. The van der Waals surface area contributed by atoms with E-state index in [0.29, 0.717) is 55.6 Å². The number of aryl methyl sites for hydroxylation is 14. The third-order valence-electron chi connectivity index (χ3n) is 10.9. The van der Waals surface area contributed by atoms with E-state index in [9.17, 15) is 0 Å². The van der Waals surface area contributed by atoms with E-state index in [-0.39, 0.29) is 0 Å². The van der Waals surface area contributed by atoms with Gasteiger partial charge in [-0.15, -0.1) is 0 Å². The molecule has 3 aromatic heterocycles. The molecule has 0 aliphatic heterocycles. The van der Waals surface area contributed by atoms with Gasteiger partial charge in [-0.05, 0) is 179 Å². The smallest absolute Gasteiger partial charge is 0.201 e. The first kappa shape index (κ1) is 25.0. The van der Waals surface area contributed by atoms with E-state index < -0.39 is 58.8 Å². The van der Waals surface area contributed by atoms with Crippen molar-refractivity contribution in [2.24, 2.45) is 21.1 Å². The average molecular weight is 812 g/mol. The van der Waals surface area contributed by atoms with Crippen LogP contribution in [0.1, 0.15) is 166 Å². The van der Waals surface area contributed by atoms with Gasteiger partial charge in [0.2, 0.25) is 17.1 Å². The first-order chi connectivity index (χ1) is 35.8. The van der Waals surface area contributed by atoms with Crippen LogP contribution in [-0.2, 0) is 21.1 Å². The summed E-state index contributed by atoms with van der Waals surface area (Å²) in [5.74, 6) is -5.16. The Hall–Kier alpha value is -4.89. The van der Waals surface area contributed by atoms with Crippen LogP contribution in [0, 0.1) is 75.9 Å². The van der Waals surface area contributed by atoms with Gasteiger partial charge < -0.3 is 0 Å². The van der Waals surface area contributed by atoms with Gasteiger partial charge in [0, 0.05) is 80.4 Å². The minimum atomic E-state index is -2.45. The van der Waals surface area contributed by atoms with E-state index in [4.69, 9.17) is 28.8 Å². The van der Waals surface area contributed by atoms with Crippen molar-refractivity contribution in [1.82, 2.24) is 0 Å². The zero-order chi connectivity index (χ0) is 62.0. The summed E-state index contributed by atoms with van der Waals surface area (Å²) in [6, 6.07) is 17.9. The highest BCUT2D eigenvalue weighted by atomic mass is 14.9. The molecule has 0 saturated heterocycles. The minimum absolute atomic E-state index is 0.306. The minimum Gasteiger partial charge on any atom is -0.201 e. The molecular weight excluding hydrogens is 715 g/mol. The molecule has 0 aliphatic rings. The molecule has 3 heterocycles. The van der Waals surface area contributed by atoms with Crippen LogP contribution >= 0.6 is 0 Å². The van der Waals surface area contributed by atoms with Gasteiger partial charge in [0.15, 0.2) is 18.6 Å². The molecule has 59 heavy (non-hydrogen) atoms. The number of nitrogens with zero attached hydrogens (tertiary/aromatic N) is 3. The monoisotopic (exact) mass is 812 g/mol. The third kappa shape index (κ3) is 11.0. The highest BCUT2D eigenvalue weighted by Crippen LogP contribution is 2.31. The average Bonchev–Trinajstić information content (AvgIpc) is 3.27. The second-order valence-corrected chi connectivity index (χ2v) is 16.0. The van der Waals surface area contributed by atoms with Crippen LogP contribution in [-0.4, -0.2) is 0 Å². The lowest BCUT2D eigenvalue weighted by Gasteiger charge is -2.14. The fraction of sp³-hybridized carbons (Fsp3) is 0.411. The van der Waals surface area contributed by atoms with Gasteiger partial charge in [-0.3, -0.25) is 0 Å². The molecule has 0 radical (unpaired) electrons. The third-order valence-corrected chi connectivity index (χ3v) is 10.9. The van der Waals surface area contributed by atoms with Gasteiger partial charge in [0.25, 0.3) is 0 Å². The van der Waals surface area contributed by atoms with Gasteiger partial charge in [-0.25, -0.2) is 13.7 Å². The summed E-state index contributed by atoms with van der Waals surface area (Å²) in [7, 11) is 5.38. The van der Waals surface area contributed by atoms with Crippen molar-refractivity contribution in [3.05, 3.63) is 157 Å². The Morgan fingerprint density at radius 2 is 0.780 bits per heavy atom. The highest BCUT2D eigenvalue weighted by molar-refractivity contribution is 5.66. The van der Waals surface area contributed by atoms with E-state index in [2.05, 4.69) is 0 Å². The first-order valence-corrected chi connectivity index (χ1v) is 19.7. The molecule has 3 heteroatoms. The molecule has 0 amide bonds. The van der Waals surface area contributed by atoms with Crippen molar-refractivity contribution in [3.8, 4) is 33.8 Å². The van der Waals surface area contributed by atoms with Crippen molar-refractivity contribution in [2.45, 2.75) is 135 Å². The second-order valence-electron chi connectivity index (χ2n) is 16.0. The van der Waals surface area contributed by atoms with Crippen molar-refractivity contribution in [2.75, 3.05) is 0 Å². The summed E-state index contributed by atoms with van der Waals surface area (Å²) < 4.78 is 168. The zero-order valence-electron chi connectivity index (χ0n) is 58.3. The number of rotatable bonds is 6. The van der Waals surface area contributed by atoms with E-state index >= 15 is 0 Å². The molecule has 3 unspecified atom stereocenters. The molecular formula is C56H76N3+3. The lowest BCUT2D eigenvalue weighted by Crippen LogP contribution is -2.31. The number of aromatic nitrogens is 3. The first-order valence-electron chi connectivity index (χ1n) is 30.2. The van der Waals surface area contributed by atoms with Crippen molar-refractivity contribution in [3.63, 3.8) is 0 Å². The zero-order valence-corrected chi connectivity index (χ0v) is 37.3. The molecule has 0 saturated carbocycles. The van der Waals surface area contributed by atoms with Crippen LogP contribution in [0.15, 0.2) is 79.3 Å². The molecule has 0 bridgehead atoms. The Balaban J connectivity index is 0.000000259.